The maximum Gasteiger partial charge on any atom is 0.322 e. The van der Waals surface area contributed by atoms with Crippen molar-refractivity contribution in [1.29, 1.82) is 0 Å². The Morgan fingerprint density at radius 3 is 2.67 bits per heavy atom. The van der Waals surface area contributed by atoms with Gasteiger partial charge in [0.05, 0.1) is 0 Å². The molecule has 1 aromatic carbocycles. The van der Waals surface area contributed by atoms with Crippen LogP contribution in [0.5, 0.6) is 0 Å². The van der Waals surface area contributed by atoms with Crippen LogP contribution in [-0.4, -0.2) is 36.4 Å². The number of sulfonamides is 1. The molecular formula is C11H12FNO4S. The molecule has 0 bridgehead atoms. The largest absolute Gasteiger partial charge is 0.480 e. The molecule has 1 N–H and O–H groups in total. The van der Waals surface area contributed by atoms with E-state index in [9.17, 15) is 17.6 Å². The Morgan fingerprint density at radius 2 is 2.06 bits per heavy atom. The van der Waals surface area contributed by atoms with Crippen LogP contribution in [0.25, 0.3) is 0 Å². The van der Waals surface area contributed by atoms with E-state index in [2.05, 4.69) is 0 Å². The van der Waals surface area contributed by atoms with E-state index in [1.807, 2.05) is 0 Å². The summed E-state index contributed by atoms with van der Waals surface area (Å²) < 4.78 is 38.8. The monoisotopic (exact) mass is 273 g/mol. The molecule has 0 aliphatic carbocycles. The third-order valence-corrected chi connectivity index (χ3v) is 4.85. The SMILES string of the molecule is O=C(O)[C@H]1CCCN1S(=O)(=O)c1ccccc1F. The number of benzene rings is 1. The van der Waals surface area contributed by atoms with Crippen LogP contribution >= 0.6 is 0 Å². The Balaban J connectivity index is 2.43. The van der Waals surface area contributed by atoms with Crippen molar-refractivity contribution in [3.63, 3.8) is 0 Å². The first kappa shape index (κ1) is 13.0. The highest BCUT2D eigenvalue weighted by atomic mass is 32.2. The predicted molar refractivity (Wildman–Crippen MR) is 60.9 cm³/mol. The zero-order valence-electron chi connectivity index (χ0n) is 9.41. The minimum atomic E-state index is -4.09. The zero-order chi connectivity index (χ0) is 13.3. The topological polar surface area (TPSA) is 74.7 Å². The van der Waals surface area contributed by atoms with E-state index < -0.39 is 32.7 Å². The summed E-state index contributed by atoms with van der Waals surface area (Å²) in [5.74, 6) is -2.07. The van der Waals surface area contributed by atoms with E-state index in [0.29, 0.717) is 6.42 Å². The second-order valence-electron chi connectivity index (χ2n) is 4.04. The summed E-state index contributed by atoms with van der Waals surface area (Å²) in [5, 5.41) is 8.96. The minimum Gasteiger partial charge on any atom is -0.480 e. The van der Waals surface area contributed by atoms with Crippen molar-refractivity contribution in [3.8, 4) is 0 Å². The first-order valence-corrected chi connectivity index (χ1v) is 6.88. The van der Waals surface area contributed by atoms with Crippen LogP contribution < -0.4 is 0 Å². The van der Waals surface area contributed by atoms with Crippen LogP contribution in [0, 0.1) is 5.82 Å². The van der Waals surface area contributed by atoms with Gasteiger partial charge >= 0.3 is 5.97 Å². The van der Waals surface area contributed by atoms with Crippen molar-refractivity contribution in [2.45, 2.75) is 23.8 Å². The standard InChI is InChI=1S/C11H12FNO4S/c12-8-4-1-2-6-10(8)18(16,17)13-7-3-5-9(13)11(14)15/h1-2,4,6,9H,3,5,7H2,(H,14,15)/t9-/m1/s1. The second kappa shape index (κ2) is 4.66. The number of hydrogen-bond donors (Lipinski definition) is 1. The molecule has 1 saturated heterocycles. The van der Waals surface area contributed by atoms with Crippen molar-refractivity contribution in [1.82, 2.24) is 4.31 Å². The fourth-order valence-corrected chi connectivity index (χ4v) is 3.77. The predicted octanol–water partition coefficient (Wildman–Crippen LogP) is 1.06. The Morgan fingerprint density at radius 1 is 1.39 bits per heavy atom. The molecule has 0 saturated carbocycles. The van der Waals surface area contributed by atoms with Gasteiger partial charge in [-0.25, -0.2) is 12.8 Å². The molecule has 5 nitrogen and oxygen atoms in total. The lowest BCUT2D eigenvalue weighted by Gasteiger charge is -2.21. The summed E-state index contributed by atoms with van der Waals surface area (Å²) in [7, 11) is -4.09. The number of carboxylic acids is 1. The van der Waals surface area contributed by atoms with Gasteiger partial charge in [-0.05, 0) is 25.0 Å². The molecule has 0 amide bonds. The van der Waals surface area contributed by atoms with E-state index in [0.717, 1.165) is 16.4 Å². The molecule has 18 heavy (non-hydrogen) atoms. The van der Waals surface area contributed by atoms with E-state index in [4.69, 9.17) is 5.11 Å². The highest BCUT2D eigenvalue weighted by Gasteiger charge is 2.40. The summed E-state index contributed by atoms with van der Waals surface area (Å²) >= 11 is 0. The normalized spacial score (nSPS) is 21.1. The van der Waals surface area contributed by atoms with E-state index in [1.165, 1.54) is 12.1 Å². The first-order valence-electron chi connectivity index (χ1n) is 5.44. The molecule has 1 aromatic rings. The van der Waals surface area contributed by atoms with Crippen LogP contribution in [-0.2, 0) is 14.8 Å². The second-order valence-corrected chi connectivity index (χ2v) is 5.90. The Kier molecular flexibility index (Phi) is 3.36. The van der Waals surface area contributed by atoms with Gasteiger partial charge in [0.25, 0.3) is 0 Å². The molecule has 1 aliphatic rings. The molecule has 2 rings (SSSR count). The molecular weight excluding hydrogens is 261 g/mol. The van der Waals surface area contributed by atoms with Crippen molar-refractivity contribution >= 4 is 16.0 Å². The third-order valence-electron chi connectivity index (χ3n) is 2.91. The average Bonchev–Trinajstić information content (AvgIpc) is 2.78. The Bertz CT molecular complexity index is 572. The fraction of sp³-hybridized carbons (Fsp3) is 0.364. The summed E-state index contributed by atoms with van der Waals surface area (Å²) in [5.41, 5.74) is 0. The van der Waals surface area contributed by atoms with Crippen LogP contribution in [0.4, 0.5) is 4.39 Å². The molecule has 1 aliphatic heterocycles. The summed E-state index contributed by atoms with van der Waals surface area (Å²) in [6, 6.07) is 3.87. The fourth-order valence-electron chi connectivity index (χ4n) is 2.05. The number of nitrogens with zero attached hydrogens (tertiary/aromatic N) is 1. The summed E-state index contributed by atoms with van der Waals surface area (Å²) in [4.78, 5) is 10.5. The van der Waals surface area contributed by atoms with Gasteiger partial charge in [-0.15, -0.1) is 0 Å². The molecule has 1 atom stereocenters. The maximum atomic E-state index is 13.5. The van der Waals surface area contributed by atoms with Crippen molar-refractivity contribution in [3.05, 3.63) is 30.1 Å². The van der Waals surface area contributed by atoms with Gasteiger partial charge in [-0.3, -0.25) is 4.79 Å². The minimum absolute atomic E-state index is 0.105. The van der Waals surface area contributed by atoms with Crippen LogP contribution in [0.2, 0.25) is 0 Å². The number of carboxylic acid groups (broad SMARTS) is 1. The van der Waals surface area contributed by atoms with Gasteiger partial charge in [0.1, 0.15) is 16.8 Å². The summed E-state index contributed by atoms with van der Waals surface area (Å²) in [6.45, 7) is 0.105. The Hall–Kier alpha value is -1.47. The zero-order valence-corrected chi connectivity index (χ0v) is 10.2. The van der Waals surface area contributed by atoms with Gasteiger partial charge in [-0.2, -0.15) is 4.31 Å². The van der Waals surface area contributed by atoms with E-state index >= 15 is 0 Å². The molecule has 0 unspecified atom stereocenters. The number of hydrogen-bond acceptors (Lipinski definition) is 3. The highest BCUT2D eigenvalue weighted by Crippen LogP contribution is 2.27. The quantitative estimate of drug-likeness (QED) is 0.893. The molecule has 7 heteroatoms. The number of aliphatic carboxylic acids is 1. The van der Waals surface area contributed by atoms with Crippen molar-refractivity contribution < 1.29 is 22.7 Å². The van der Waals surface area contributed by atoms with Crippen molar-refractivity contribution in [2.75, 3.05) is 6.54 Å². The highest BCUT2D eigenvalue weighted by molar-refractivity contribution is 7.89. The van der Waals surface area contributed by atoms with Gasteiger partial charge in [-0.1, -0.05) is 12.1 Å². The van der Waals surface area contributed by atoms with Crippen LogP contribution in [0.3, 0.4) is 0 Å². The smallest absolute Gasteiger partial charge is 0.322 e. The van der Waals surface area contributed by atoms with E-state index in [-0.39, 0.29) is 13.0 Å². The van der Waals surface area contributed by atoms with Gasteiger partial charge in [0, 0.05) is 6.54 Å². The Labute approximate surface area is 104 Å². The van der Waals surface area contributed by atoms with Gasteiger partial charge in [0.2, 0.25) is 10.0 Å². The maximum absolute atomic E-state index is 13.5. The lowest BCUT2D eigenvalue weighted by Crippen LogP contribution is -2.40. The lowest BCUT2D eigenvalue weighted by molar-refractivity contribution is -0.140. The van der Waals surface area contributed by atoms with Crippen molar-refractivity contribution in [2.24, 2.45) is 0 Å². The molecule has 1 heterocycles. The van der Waals surface area contributed by atoms with Crippen LogP contribution in [0.15, 0.2) is 29.2 Å². The van der Waals surface area contributed by atoms with Gasteiger partial charge in [0.15, 0.2) is 0 Å². The van der Waals surface area contributed by atoms with Crippen LogP contribution in [0.1, 0.15) is 12.8 Å². The van der Waals surface area contributed by atoms with Gasteiger partial charge < -0.3 is 5.11 Å². The molecule has 0 spiro atoms. The molecule has 98 valence electrons. The first-order chi connectivity index (χ1) is 8.44. The molecule has 1 fully saturated rings. The molecule has 0 radical (unpaired) electrons. The average molecular weight is 273 g/mol. The number of halogens is 1. The van der Waals surface area contributed by atoms with E-state index in [1.54, 1.807) is 0 Å². The lowest BCUT2D eigenvalue weighted by atomic mass is 10.2. The summed E-state index contributed by atoms with van der Waals surface area (Å²) in [6.07, 6.45) is 0.716. The number of rotatable bonds is 3. The third kappa shape index (κ3) is 2.11. The number of carbonyl (C=O) groups is 1. The molecule has 0 aromatic heterocycles.